The second kappa shape index (κ2) is 7.46. The van der Waals surface area contributed by atoms with Gasteiger partial charge in [0.05, 0.1) is 10.8 Å². The van der Waals surface area contributed by atoms with E-state index in [1.807, 2.05) is 30.3 Å². The fraction of sp³-hybridized carbons (Fsp3) is 0.176. The molecular formula is C17H16BrN3O3. The quantitative estimate of drug-likeness (QED) is 0.602. The molecule has 1 heterocycles. The predicted octanol–water partition coefficient (Wildman–Crippen LogP) is 2.54. The average Bonchev–Trinajstić information content (AvgIpc) is 2.61. The molecule has 6 nitrogen and oxygen atoms in total. The van der Waals surface area contributed by atoms with Crippen molar-refractivity contribution < 1.29 is 9.84 Å². The monoisotopic (exact) mass is 389 g/mol. The summed E-state index contributed by atoms with van der Waals surface area (Å²) < 4.78 is 6.56. The molecule has 3 N–H and O–H groups in total. The van der Waals surface area contributed by atoms with Gasteiger partial charge in [-0.3, -0.25) is 4.79 Å². The number of hydrogen-bond donors (Lipinski definition) is 3. The van der Waals surface area contributed by atoms with Crippen molar-refractivity contribution in [3.63, 3.8) is 0 Å². The lowest BCUT2D eigenvalue weighted by atomic mass is 10.2. The van der Waals surface area contributed by atoms with Crippen LogP contribution in [0.4, 0.5) is 5.69 Å². The third kappa shape index (κ3) is 3.93. The van der Waals surface area contributed by atoms with Crippen LogP contribution in [0, 0.1) is 0 Å². The second-order valence-corrected chi connectivity index (χ2v) is 6.17. The van der Waals surface area contributed by atoms with Gasteiger partial charge in [-0.2, -0.15) is 0 Å². The Balaban J connectivity index is 1.60. The molecule has 1 unspecified atom stereocenters. The number of hydrogen-bond acceptors (Lipinski definition) is 5. The van der Waals surface area contributed by atoms with E-state index in [4.69, 9.17) is 4.74 Å². The van der Waals surface area contributed by atoms with Gasteiger partial charge in [-0.1, -0.05) is 28.1 Å². The van der Waals surface area contributed by atoms with Crippen LogP contribution in [0.1, 0.15) is 0 Å². The molecule has 0 amide bonds. The summed E-state index contributed by atoms with van der Waals surface area (Å²) in [4.78, 5) is 11.7. The van der Waals surface area contributed by atoms with Crippen LogP contribution in [0.15, 0.2) is 57.8 Å². The van der Waals surface area contributed by atoms with E-state index >= 15 is 0 Å². The minimum atomic E-state index is -0.721. The van der Waals surface area contributed by atoms with Gasteiger partial charge in [0.1, 0.15) is 12.7 Å². The summed E-state index contributed by atoms with van der Waals surface area (Å²) >= 11 is 3.37. The van der Waals surface area contributed by atoms with E-state index in [1.165, 1.54) is 0 Å². The van der Waals surface area contributed by atoms with Crippen molar-refractivity contribution in [1.29, 1.82) is 0 Å². The maximum atomic E-state index is 11.7. The Morgan fingerprint density at radius 2 is 1.88 bits per heavy atom. The lowest BCUT2D eigenvalue weighted by Crippen LogP contribution is -2.27. The summed E-state index contributed by atoms with van der Waals surface area (Å²) in [5.74, 6) is 0.299. The van der Waals surface area contributed by atoms with E-state index in [1.54, 1.807) is 18.2 Å². The highest BCUT2D eigenvalue weighted by atomic mass is 79.9. The number of halogens is 1. The first kappa shape index (κ1) is 16.5. The van der Waals surface area contributed by atoms with Gasteiger partial charge in [0.15, 0.2) is 0 Å². The van der Waals surface area contributed by atoms with E-state index in [9.17, 15) is 9.90 Å². The number of aliphatic hydroxyl groups is 1. The molecule has 0 aliphatic carbocycles. The topological polar surface area (TPSA) is 87.2 Å². The van der Waals surface area contributed by atoms with Gasteiger partial charge in [-0.15, -0.1) is 5.10 Å². The summed E-state index contributed by atoms with van der Waals surface area (Å²) in [5.41, 5.74) is 0.639. The number of benzene rings is 2. The number of aliphatic hydroxyl groups excluding tert-OH is 1. The van der Waals surface area contributed by atoms with Crippen LogP contribution < -0.4 is 15.6 Å². The smallest absolute Gasteiger partial charge is 0.272 e. The number of H-pyrrole nitrogens is 1. The van der Waals surface area contributed by atoms with Crippen LogP contribution in [-0.4, -0.2) is 34.6 Å². The Bertz CT molecular complexity index is 880. The Labute approximate surface area is 146 Å². The van der Waals surface area contributed by atoms with Crippen molar-refractivity contribution in [2.45, 2.75) is 6.10 Å². The summed E-state index contributed by atoms with van der Waals surface area (Å²) in [6.45, 7) is 0.398. The molecule has 0 fully saturated rings. The van der Waals surface area contributed by atoms with E-state index < -0.39 is 6.10 Å². The second-order valence-electron chi connectivity index (χ2n) is 5.26. The lowest BCUT2D eigenvalue weighted by Gasteiger charge is -2.14. The Morgan fingerprint density at radius 1 is 1.17 bits per heavy atom. The van der Waals surface area contributed by atoms with Gasteiger partial charge in [0.25, 0.3) is 5.56 Å². The first-order valence-corrected chi connectivity index (χ1v) is 8.20. The van der Waals surface area contributed by atoms with Gasteiger partial charge in [0, 0.05) is 16.7 Å². The summed E-state index contributed by atoms with van der Waals surface area (Å²) in [7, 11) is 0. The van der Waals surface area contributed by atoms with Gasteiger partial charge in [-0.05, 0) is 36.4 Å². The maximum Gasteiger partial charge on any atom is 0.272 e. The molecule has 0 spiro atoms. The van der Waals surface area contributed by atoms with Gasteiger partial charge >= 0.3 is 0 Å². The molecule has 1 atom stereocenters. The van der Waals surface area contributed by atoms with Crippen LogP contribution in [0.2, 0.25) is 0 Å². The lowest BCUT2D eigenvalue weighted by molar-refractivity contribution is 0.115. The molecule has 0 aliphatic heterocycles. The van der Waals surface area contributed by atoms with Crippen LogP contribution in [-0.2, 0) is 0 Å². The maximum absolute atomic E-state index is 11.7. The SMILES string of the molecule is O=c1[nH]nc(OCC(O)CNc2ccc(Br)cc2)c2ccccc12. The molecule has 3 aromatic rings. The number of ether oxygens (including phenoxy) is 1. The Kier molecular flexibility index (Phi) is 5.12. The normalized spacial score (nSPS) is 12.1. The first-order valence-electron chi connectivity index (χ1n) is 7.41. The zero-order valence-corrected chi connectivity index (χ0v) is 14.3. The van der Waals surface area contributed by atoms with Crippen molar-refractivity contribution in [2.75, 3.05) is 18.5 Å². The van der Waals surface area contributed by atoms with Crippen LogP contribution in [0.25, 0.3) is 10.8 Å². The van der Waals surface area contributed by atoms with Crippen molar-refractivity contribution in [2.24, 2.45) is 0 Å². The largest absolute Gasteiger partial charge is 0.473 e. The van der Waals surface area contributed by atoms with Crippen molar-refractivity contribution in [3.05, 3.63) is 63.4 Å². The van der Waals surface area contributed by atoms with E-state index in [-0.39, 0.29) is 12.2 Å². The van der Waals surface area contributed by atoms with Crippen molar-refractivity contribution in [1.82, 2.24) is 10.2 Å². The van der Waals surface area contributed by atoms with Crippen LogP contribution in [0.3, 0.4) is 0 Å². The third-order valence-electron chi connectivity index (χ3n) is 3.46. The molecule has 0 radical (unpaired) electrons. The molecule has 7 heteroatoms. The molecule has 0 saturated heterocycles. The molecular weight excluding hydrogens is 374 g/mol. The van der Waals surface area contributed by atoms with E-state index in [0.717, 1.165) is 10.2 Å². The standard InChI is InChI=1S/C17H16BrN3O3/c18-11-5-7-12(8-6-11)19-9-13(22)10-24-17-15-4-2-1-3-14(15)16(23)20-21-17/h1-8,13,19,22H,9-10H2,(H,20,23). The summed E-state index contributed by atoms with van der Waals surface area (Å²) in [5, 5.41) is 20.6. The third-order valence-corrected chi connectivity index (χ3v) is 3.99. The average molecular weight is 390 g/mol. The molecule has 0 aliphatic rings. The highest BCUT2D eigenvalue weighted by Crippen LogP contribution is 2.19. The molecule has 0 bridgehead atoms. The summed E-state index contributed by atoms with van der Waals surface area (Å²) in [6, 6.07) is 14.7. The fourth-order valence-electron chi connectivity index (χ4n) is 2.24. The van der Waals surface area contributed by atoms with Gasteiger partial charge in [-0.25, -0.2) is 5.10 Å². The van der Waals surface area contributed by atoms with Gasteiger partial charge in [0.2, 0.25) is 5.88 Å². The van der Waals surface area contributed by atoms with Crippen LogP contribution in [0.5, 0.6) is 5.88 Å². The minimum Gasteiger partial charge on any atom is -0.473 e. The number of fused-ring (bicyclic) bond motifs is 1. The number of aromatic amines is 1. The van der Waals surface area contributed by atoms with Crippen molar-refractivity contribution in [3.8, 4) is 5.88 Å². The highest BCUT2D eigenvalue weighted by molar-refractivity contribution is 9.10. The molecule has 124 valence electrons. The molecule has 1 aromatic heterocycles. The molecule has 0 saturated carbocycles. The number of nitrogens with zero attached hydrogens (tertiary/aromatic N) is 1. The molecule has 2 aromatic carbocycles. The number of rotatable bonds is 6. The number of nitrogens with one attached hydrogen (secondary N) is 2. The van der Waals surface area contributed by atoms with Gasteiger partial charge < -0.3 is 15.2 Å². The van der Waals surface area contributed by atoms with E-state index in [0.29, 0.717) is 23.2 Å². The minimum absolute atomic E-state index is 0.0621. The fourth-order valence-corrected chi connectivity index (χ4v) is 2.50. The zero-order valence-electron chi connectivity index (χ0n) is 12.7. The summed E-state index contributed by atoms with van der Waals surface area (Å²) in [6.07, 6.45) is -0.721. The predicted molar refractivity (Wildman–Crippen MR) is 96.5 cm³/mol. The van der Waals surface area contributed by atoms with Crippen molar-refractivity contribution >= 4 is 32.4 Å². The first-order chi connectivity index (χ1) is 11.6. The van der Waals surface area contributed by atoms with Crippen LogP contribution >= 0.6 is 15.9 Å². The zero-order chi connectivity index (χ0) is 16.9. The Morgan fingerprint density at radius 3 is 2.62 bits per heavy atom. The van der Waals surface area contributed by atoms with E-state index in [2.05, 4.69) is 31.4 Å². The highest BCUT2D eigenvalue weighted by Gasteiger charge is 2.10. The molecule has 24 heavy (non-hydrogen) atoms. The molecule has 3 rings (SSSR count). The Hall–Kier alpha value is -2.38. The number of anilines is 1. The number of aromatic nitrogens is 2.